The highest BCUT2D eigenvalue weighted by molar-refractivity contribution is 7.13. The van der Waals surface area contributed by atoms with E-state index in [4.69, 9.17) is 9.16 Å². The maximum atomic E-state index is 13.6. The Morgan fingerprint density at radius 3 is 2.26 bits per heavy atom. The van der Waals surface area contributed by atoms with Gasteiger partial charge in [-0.05, 0) is 66.7 Å². The molecule has 10 heteroatoms. The molecular weight excluding hydrogens is 531 g/mol. The van der Waals surface area contributed by atoms with Crippen molar-refractivity contribution in [2.24, 2.45) is 0 Å². The number of nitrogens with one attached hydrogen (secondary N) is 1. The summed E-state index contributed by atoms with van der Waals surface area (Å²) in [6, 6.07) is 14.8. The lowest BCUT2D eigenvalue weighted by atomic mass is 10.2. The van der Waals surface area contributed by atoms with E-state index in [2.05, 4.69) is 54.0 Å². The van der Waals surface area contributed by atoms with E-state index in [1.165, 1.54) is 0 Å². The van der Waals surface area contributed by atoms with Crippen LogP contribution in [0.3, 0.4) is 0 Å². The number of piperazine rings is 1. The molecule has 2 aromatic carbocycles. The van der Waals surface area contributed by atoms with Crippen molar-refractivity contribution < 1.29 is 18.3 Å². The Kier molecular flexibility index (Phi) is 9.30. The van der Waals surface area contributed by atoms with Crippen molar-refractivity contribution in [1.82, 2.24) is 4.98 Å². The van der Waals surface area contributed by atoms with Crippen LogP contribution in [-0.2, 0) is 4.43 Å². The largest absolute Gasteiger partial charge is 0.491 e. The Morgan fingerprint density at radius 1 is 1.05 bits per heavy atom. The Morgan fingerprint density at radius 2 is 1.69 bits per heavy atom. The van der Waals surface area contributed by atoms with Crippen LogP contribution in [0.25, 0.3) is 0 Å². The van der Waals surface area contributed by atoms with Crippen LogP contribution < -0.4 is 19.9 Å². The average Bonchev–Trinajstić information content (AvgIpc) is 3.46. The van der Waals surface area contributed by atoms with Crippen LogP contribution in [0.2, 0.25) is 18.1 Å². The molecule has 1 N–H and O–H groups in total. The zero-order valence-electron chi connectivity index (χ0n) is 23.4. The second-order valence-corrected chi connectivity index (χ2v) is 16.9. The van der Waals surface area contributed by atoms with Gasteiger partial charge < -0.3 is 24.3 Å². The fourth-order valence-corrected chi connectivity index (χ4v) is 6.10. The van der Waals surface area contributed by atoms with Gasteiger partial charge in [0, 0.05) is 54.7 Å². The molecule has 2 heterocycles. The number of halogens is 1. The molecule has 0 spiro atoms. The number of rotatable bonds is 10. The molecule has 1 aliphatic heterocycles. The predicted octanol–water partition coefficient (Wildman–Crippen LogP) is 6.46. The molecule has 0 saturated carbocycles. The first-order valence-electron chi connectivity index (χ1n) is 13.3. The van der Waals surface area contributed by atoms with E-state index in [0.29, 0.717) is 11.3 Å². The van der Waals surface area contributed by atoms with Crippen molar-refractivity contribution >= 4 is 42.1 Å². The zero-order chi connectivity index (χ0) is 28.0. The van der Waals surface area contributed by atoms with Gasteiger partial charge in [0.15, 0.2) is 13.4 Å². The summed E-state index contributed by atoms with van der Waals surface area (Å²) in [6.07, 6.45) is 1.23. The van der Waals surface area contributed by atoms with Gasteiger partial charge in [-0.2, -0.15) is 0 Å². The van der Waals surface area contributed by atoms with Crippen molar-refractivity contribution in [1.29, 1.82) is 0 Å². The number of amides is 1. The van der Waals surface area contributed by atoms with E-state index in [9.17, 15) is 9.18 Å². The molecule has 4 rings (SSSR count). The lowest BCUT2D eigenvalue weighted by molar-refractivity contribution is 0.0919. The fourth-order valence-electron chi connectivity index (χ4n) is 4.08. The second kappa shape index (κ2) is 12.5. The van der Waals surface area contributed by atoms with Gasteiger partial charge in [-0.3, -0.25) is 4.79 Å². The Labute approximate surface area is 236 Å². The lowest BCUT2D eigenvalue weighted by Gasteiger charge is -2.38. The van der Waals surface area contributed by atoms with Crippen molar-refractivity contribution in [2.75, 3.05) is 54.6 Å². The summed E-state index contributed by atoms with van der Waals surface area (Å²) < 4.78 is 25.5. The number of ether oxygens (including phenoxy) is 1. The highest BCUT2D eigenvalue weighted by atomic mass is 32.1. The van der Waals surface area contributed by atoms with Gasteiger partial charge in [0.05, 0.1) is 0 Å². The molecule has 39 heavy (non-hydrogen) atoms. The van der Waals surface area contributed by atoms with Gasteiger partial charge in [0.2, 0.25) is 0 Å². The third-order valence-corrected chi connectivity index (χ3v) is 12.8. The topological polar surface area (TPSA) is 66.9 Å². The number of thiazole rings is 1. The van der Waals surface area contributed by atoms with Crippen molar-refractivity contribution in [3.63, 3.8) is 0 Å². The van der Waals surface area contributed by atoms with Gasteiger partial charge in [-0.25, -0.2) is 9.37 Å². The van der Waals surface area contributed by atoms with E-state index in [0.717, 1.165) is 42.7 Å². The molecule has 1 aliphatic rings. The fraction of sp³-hybridized carbons (Fsp3) is 0.448. The number of hydrogen-bond donors (Lipinski definition) is 1. The van der Waals surface area contributed by atoms with E-state index >= 15 is 0 Å². The number of anilines is 3. The standard InChI is InChI=1S/C29H39FN4O3SSi/c1-29(2,3)39(4,5)37-26(20-30)21-36-25-12-6-22(7-13-25)27(35)32-23-8-10-24(11-9-23)33-15-17-34(18-16-33)28-31-14-19-38-28/h6-14,19,26H,15-18,20-21H2,1-5H3,(H,32,35). The van der Waals surface area contributed by atoms with Crippen LogP contribution in [-0.4, -0.2) is 64.8 Å². The molecule has 0 bridgehead atoms. The number of hydrogen-bond acceptors (Lipinski definition) is 7. The smallest absolute Gasteiger partial charge is 0.255 e. The van der Waals surface area contributed by atoms with Crippen LogP contribution >= 0.6 is 11.3 Å². The highest BCUT2D eigenvalue weighted by Gasteiger charge is 2.39. The van der Waals surface area contributed by atoms with Crippen LogP contribution in [0.5, 0.6) is 5.75 Å². The predicted molar refractivity (Wildman–Crippen MR) is 161 cm³/mol. The zero-order valence-corrected chi connectivity index (χ0v) is 25.3. The molecule has 1 aromatic heterocycles. The molecule has 1 amide bonds. The van der Waals surface area contributed by atoms with Crippen LogP contribution in [0.4, 0.5) is 20.9 Å². The number of carbonyl (C=O) groups excluding carboxylic acids is 1. The first-order valence-corrected chi connectivity index (χ1v) is 17.1. The Balaban J connectivity index is 1.25. The minimum atomic E-state index is -2.09. The SMILES string of the molecule is CC(C)(C)[Si](C)(C)OC(CF)COc1ccc(C(=O)Nc2ccc(N3CCN(c4nccs4)CC3)cc2)cc1. The first-order chi connectivity index (χ1) is 18.6. The monoisotopic (exact) mass is 570 g/mol. The minimum absolute atomic E-state index is 0.00658. The Bertz CT molecular complexity index is 1190. The van der Waals surface area contributed by atoms with Crippen LogP contribution in [0.1, 0.15) is 31.1 Å². The molecule has 3 aromatic rings. The number of nitrogens with zero attached hydrogens (tertiary/aromatic N) is 3. The molecule has 7 nitrogen and oxygen atoms in total. The van der Waals surface area contributed by atoms with E-state index < -0.39 is 21.1 Å². The van der Waals surface area contributed by atoms with Crippen LogP contribution in [0.15, 0.2) is 60.1 Å². The normalized spacial score (nSPS) is 15.2. The van der Waals surface area contributed by atoms with Gasteiger partial charge in [0.25, 0.3) is 5.91 Å². The van der Waals surface area contributed by atoms with Gasteiger partial charge in [-0.1, -0.05) is 20.8 Å². The minimum Gasteiger partial charge on any atom is -0.491 e. The van der Waals surface area contributed by atoms with Gasteiger partial charge in [-0.15, -0.1) is 11.3 Å². The number of benzene rings is 2. The summed E-state index contributed by atoms with van der Waals surface area (Å²) in [7, 11) is -2.09. The molecule has 210 valence electrons. The molecule has 1 unspecified atom stereocenters. The number of aromatic nitrogens is 1. The molecule has 1 saturated heterocycles. The second-order valence-electron chi connectivity index (χ2n) is 11.3. The van der Waals surface area contributed by atoms with E-state index in [1.807, 2.05) is 35.8 Å². The number of carbonyl (C=O) groups is 1. The quantitative estimate of drug-likeness (QED) is 0.282. The van der Waals surface area contributed by atoms with Gasteiger partial charge >= 0.3 is 0 Å². The van der Waals surface area contributed by atoms with Gasteiger partial charge in [0.1, 0.15) is 25.1 Å². The van der Waals surface area contributed by atoms with E-state index in [-0.39, 0.29) is 17.6 Å². The van der Waals surface area contributed by atoms with Crippen LogP contribution in [0, 0.1) is 0 Å². The molecule has 1 atom stereocenters. The highest BCUT2D eigenvalue weighted by Crippen LogP contribution is 2.37. The molecule has 0 radical (unpaired) electrons. The Hall–Kier alpha value is -2.95. The lowest BCUT2D eigenvalue weighted by Crippen LogP contribution is -2.46. The molecule has 0 aliphatic carbocycles. The number of alkyl halides is 1. The first kappa shape index (κ1) is 29.0. The molecular formula is C29H39FN4O3SSi. The third kappa shape index (κ3) is 7.58. The summed E-state index contributed by atoms with van der Waals surface area (Å²) in [5.74, 6) is 0.373. The third-order valence-electron chi connectivity index (χ3n) is 7.45. The maximum Gasteiger partial charge on any atom is 0.255 e. The van der Waals surface area contributed by atoms with Crippen molar-refractivity contribution in [3.05, 3.63) is 65.7 Å². The van der Waals surface area contributed by atoms with Crippen molar-refractivity contribution in [3.8, 4) is 5.75 Å². The van der Waals surface area contributed by atoms with E-state index in [1.54, 1.807) is 35.6 Å². The maximum absolute atomic E-state index is 13.6. The van der Waals surface area contributed by atoms with Crippen molar-refractivity contribution in [2.45, 2.75) is 45.0 Å². The summed E-state index contributed by atoms with van der Waals surface area (Å²) >= 11 is 1.67. The average molecular weight is 571 g/mol. The summed E-state index contributed by atoms with van der Waals surface area (Å²) in [5, 5.41) is 6.03. The summed E-state index contributed by atoms with van der Waals surface area (Å²) in [5.41, 5.74) is 2.39. The molecule has 1 fully saturated rings. The summed E-state index contributed by atoms with van der Waals surface area (Å²) in [6.45, 7) is 13.8. The summed E-state index contributed by atoms with van der Waals surface area (Å²) in [4.78, 5) is 21.9.